The van der Waals surface area contributed by atoms with Gasteiger partial charge in [-0.1, -0.05) is 12.1 Å². The van der Waals surface area contributed by atoms with Crippen molar-refractivity contribution in [2.24, 2.45) is 0 Å². The van der Waals surface area contributed by atoms with E-state index in [0.29, 0.717) is 26.2 Å². The summed E-state index contributed by atoms with van der Waals surface area (Å²) in [6.07, 6.45) is 0. The third-order valence-corrected chi connectivity index (χ3v) is 3.65. The Kier molecular flexibility index (Phi) is 5.83. The summed E-state index contributed by atoms with van der Waals surface area (Å²) in [5.74, 6) is 0.791. The van der Waals surface area contributed by atoms with Crippen LogP contribution in [-0.2, 0) is 6.54 Å². The number of amides is 2. The first-order chi connectivity index (χ1) is 10.2. The van der Waals surface area contributed by atoms with E-state index in [4.69, 9.17) is 9.84 Å². The van der Waals surface area contributed by atoms with Crippen LogP contribution in [0.1, 0.15) is 5.56 Å². The van der Waals surface area contributed by atoms with E-state index < -0.39 is 0 Å². The molecule has 1 fully saturated rings. The summed E-state index contributed by atoms with van der Waals surface area (Å²) >= 11 is 0. The predicted molar refractivity (Wildman–Crippen MR) is 80.3 cm³/mol. The minimum Gasteiger partial charge on any atom is -0.497 e. The van der Waals surface area contributed by atoms with Crippen molar-refractivity contribution in [1.29, 1.82) is 0 Å². The van der Waals surface area contributed by atoms with Crippen molar-refractivity contribution in [2.75, 3.05) is 46.4 Å². The third kappa shape index (κ3) is 4.61. The Labute approximate surface area is 125 Å². The van der Waals surface area contributed by atoms with Gasteiger partial charge >= 0.3 is 6.03 Å². The molecular weight excluding hydrogens is 270 g/mol. The topological polar surface area (TPSA) is 65.0 Å². The van der Waals surface area contributed by atoms with E-state index in [1.165, 1.54) is 0 Å². The van der Waals surface area contributed by atoms with E-state index in [1.807, 2.05) is 29.2 Å². The van der Waals surface area contributed by atoms with Gasteiger partial charge in [0.25, 0.3) is 0 Å². The van der Waals surface area contributed by atoms with Crippen LogP contribution in [0.3, 0.4) is 0 Å². The normalized spacial score (nSPS) is 15.8. The average molecular weight is 293 g/mol. The maximum Gasteiger partial charge on any atom is 0.317 e. The number of carbonyl (C=O) groups is 1. The Morgan fingerprint density at radius 3 is 2.76 bits per heavy atom. The molecule has 0 saturated carbocycles. The van der Waals surface area contributed by atoms with Gasteiger partial charge in [-0.05, 0) is 17.7 Å². The second kappa shape index (κ2) is 7.85. The molecule has 1 saturated heterocycles. The van der Waals surface area contributed by atoms with Crippen molar-refractivity contribution in [1.82, 2.24) is 15.1 Å². The molecule has 116 valence electrons. The second-order valence-electron chi connectivity index (χ2n) is 5.06. The minimum atomic E-state index is -0.0403. The van der Waals surface area contributed by atoms with Crippen LogP contribution in [0.15, 0.2) is 24.3 Å². The zero-order valence-electron chi connectivity index (χ0n) is 12.4. The van der Waals surface area contributed by atoms with Gasteiger partial charge in [-0.3, -0.25) is 4.90 Å². The number of nitrogens with one attached hydrogen (secondary N) is 1. The van der Waals surface area contributed by atoms with E-state index >= 15 is 0 Å². The zero-order valence-corrected chi connectivity index (χ0v) is 12.4. The molecule has 2 rings (SSSR count). The van der Waals surface area contributed by atoms with E-state index in [0.717, 1.165) is 24.4 Å². The standard InChI is InChI=1S/C15H23N3O3/c1-21-14-4-2-3-13(11-14)12-16-15(20)18-7-5-17(6-8-18)9-10-19/h2-4,11,19H,5-10,12H2,1H3,(H,16,20). The van der Waals surface area contributed by atoms with Crippen molar-refractivity contribution in [3.8, 4) is 5.75 Å². The van der Waals surface area contributed by atoms with Crippen LogP contribution in [0.4, 0.5) is 4.79 Å². The molecule has 2 N–H and O–H groups in total. The maximum absolute atomic E-state index is 12.1. The molecule has 6 heteroatoms. The van der Waals surface area contributed by atoms with Crippen molar-refractivity contribution >= 4 is 6.03 Å². The SMILES string of the molecule is COc1cccc(CNC(=O)N2CCN(CCO)CC2)c1. The van der Waals surface area contributed by atoms with Gasteiger partial charge in [0.05, 0.1) is 13.7 Å². The number of methoxy groups -OCH3 is 1. The molecule has 6 nitrogen and oxygen atoms in total. The number of aliphatic hydroxyl groups is 1. The molecule has 2 amide bonds. The second-order valence-corrected chi connectivity index (χ2v) is 5.06. The Balaban J connectivity index is 1.77. The number of β-amino-alcohol motifs (C(OH)–C–C–N with tert-alkyl or cyclic N) is 1. The highest BCUT2D eigenvalue weighted by atomic mass is 16.5. The molecule has 0 aromatic heterocycles. The van der Waals surface area contributed by atoms with Crippen molar-refractivity contribution in [3.63, 3.8) is 0 Å². The van der Waals surface area contributed by atoms with Crippen LogP contribution >= 0.6 is 0 Å². The quantitative estimate of drug-likeness (QED) is 0.830. The number of benzene rings is 1. The van der Waals surface area contributed by atoms with E-state index in [2.05, 4.69) is 10.2 Å². The number of urea groups is 1. The first-order valence-electron chi connectivity index (χ1n) is 7.22. The van der Waals surface area contributed by atoms with Gasteiger partial charge < -0.3 is 20.1 Å². The molecule has 0 radical (unpaired) electrons. The van der Waals surface area contributed by atoms with Crippen LogP contribution in [-0.4, -0.2) is 67.4 Å². The highest BCUT2D eigenvalue weighted by molar-refractivity contribution is 5.74. The summed E-state index contributed by atoms with van der Waals surface area (Å²) in [5.41, 5.74) is 1.02. The van der Waals surface area contributed by atoms with Gasteiger partial charge in [0.1, 0.15) is 5.75 Å². The summed E-state index contributed by atoms with van der Waals surface area (Å²) < 4.78 is 5.16. The van der Waals surface area contributed by atoms with E-state index in [1.54, 1.807) is 7.11 Å². The summed E-state index contributed by atoms with van der Waals surface area (Å²) in [4.78, 5) is 16.1. The Hall–Kier alpha value is -1.79. The van der Waals surface area contributed by atoms with Gasteiger partial charge in [-0.25, -0.2) is 4.79 Å². The lowest BCUT2D eigenvalue weighted by Gasteiger charge is -2.34. The zero-order chi connectivity index (χ0) is 15.1. The largest absolute Gasteiger partial charge is 0.497 e. The Morgan fingerprint density at radius 1 is 1.33 bits per heavy atom. The molecule has 1 aliphatic rings. The number of rotatable bonds is 5. The molecule has 0 aliphatic carbocycles. The highest BCUT2D eigenvalue weighted by Gasteiger charge is 2.20. The molecular formula is C15H23N3O3. The lowest BCUT2D eigenvalue weighted by molar-refractivity contribution is 0.122. The van der Waals surface area contributed by atoms with Gasteiger partial charge in [0.2, 0.25) is 0 Å². The van der Waals surface area contributed by atoms with Crippen molar-refractivity contribution < 1.29 is 14.6 Å². The predicted octanol–water partition coefficient (Wildman–Crippen LogP) is 0.515. The minimum absolute atomic E-state index is 0.0403. The number of hydrogen-bond acceptors (Lipinski definition) is 4. The Morgan fingerprint density at radius 2 is 2.10 bits per heavy atom. The van der Waals surface area contributed by atoms with Gasteiger partial charge in [-0.15, -0.1) is 0 Å². The fraction of sp³-hybridized carbons (Fsp3) is 0.533. The molecule has 21 heavy (non-hydrogen) atoms. The molecule has 0 unspecified atom stereocenters. The smallest absolute Gasteiger partial charge is 0.317 e. The maximum atomic E-state index is 12.1. The van der Waals surface area contributed by atoms with Gasteiger partial charge in [0, 0.05) is 39.3 Å². The van der Waals surface area contributed by atoms with Crippen LogP contribution in [0.2, 0.25) is 0 Å². The average Bonchev–Trinajstić information content (AvgIpc) is 2.54. The summed E-state index contributed by atoms with van der Waals surface area (Å²) in [5, 5.41) is 11.8. The number of hydrogen-bond donors (Lipinski definition) is 2. The van der Waals surface area contributed by atoms with E-state index in [9.17, 15) is 4.79 Å². The van der Waals surface area contributed by atoms with Crippen molar-refractivity contribution in [3.05, 3.63) is 29.8 Å². The van der Waals surface area contributed by atoms with Crippen LogP contribution in [0.5, 0.6) is 5.75 Å². The third-order valence-electron chi connectivity index (χ3n) is 3.65. The number of piperazine rings is 1. The van der Waals surface area contributed by atoms with Crippen LogP contribution in [0.25, 0.3) is 0 Å². The fourth-order valence-electron chi connectivity index (χ4n) is 2.39. The first-order valence-corrected chi connectivity index (χ1v) is 7.22. The summed E-state index contributed by atoms with van der Waals surface area (Å²) in [6, 6.07) is 7.63. The van der Waals surface area contributed by atoms with Crippen LogP contribution in [0, 0.1) is 0 Å². The first kappa shape index (κ1) is 15.6. The molecule has 0 spiro atoms. The van der Waals surface area contributed by atoms with Gasteiger partial charge in [0.15, 0.2) is 0 Å². The number of carbonyl (C=O) groups excluding carboxylic acids is 1. The monoisotopic (exact) mass is 293 g/mol. The number of ether oxygens (including phenoxy) is 1. The molecule has 1 aromatic rings. The van der Waals surface area contributed by atoms with E-state index in [-0.39, 0.29) is 12.6 Å². The Bertz CT molecular complexity index is 459. The fourth-order valence-corrected chi connectivity index (χ4v) is 2.39. The van der Waals surface area contributed by atoms with Gasteiger partial charge in [-0.2, -0.15) is 0 Å². The van der Waals surface area contributed by atoms with Crippen LogP contribution < -0.4 is 10.1 Å². The summed E-state index contributed by atoms with van der Waals surface area (Å²) in [7, 11) is 1.63. The lowest BCUT2D eigenvalue weighted by Crippen LogP contribution is -2.52. The summed E-state index contributed by atoms with van der Waals surface area (Å²) in [6.45, 7) is 4.36. The molecule has 1 aromatic carbocycles. The van der Waals surface area contributed by atoms with Crippen molar-refractivity contribution in [2.45, 2.75) is 6.54 Å². The highest BCUT2D eigenvalue weighted by Crippen LogP contribution is 2.12. The molecule has 0 bridgehead atoms. The number of aliphatic hydroxyl groups excluding tert-OH is 1. The molecule has 1 aliphatic heterocycles. The number of nitrogens with zero attached hydrogens (tertiary/aromatic N) is 2. The lowest BCUT2D eigenvalue weighted by atomic mass is 10.2. The molecule has 1 heterocycles. The molecule has 0 atom stereocenters.